The molecule has 7 nitrogen and oxygen atoms in total. The minimum absolute atomic E-state index is 0.147. The zero-order chi connectivity index (χ0) is 23.9. The summed E-state index contributed by atoms with van der Waals surface area (Å²) in [4.78, 5) is 17.3. The maximum absolute atomic E-state index is 13.0. The summed E-state index contributed by atoms with van der Waals surface area (Å²) < 4.78 is 2.09. The summed E-state index contributed by atoms with van der Waals surface area (Å²) in [5, 5.41) is 18.6. The lowest BCUT2D eigenvalue weighted by atomic mass is 10.1. The van der Waals surface area contributed by atoms with E-state index in [1.54, 1.807) is 0 Å². The van der Waals surface area contributed by atoms with Gasteiger partial charge in [-0.15, -0.1) is 10.2 Å². The number of benzene rings is 2. The SMILES string of the molecule is CCn1c(SCC(=O)N2CCCN(Cc3ccc(C#N)cc3)CC2)nnc1-c1ccccc1C. The van der Waals surface area contributed by atoms with Crippen LogP contribution in [0.15, 0.2) is 53.7 Å². The van der Waals surface area contributed by atoms with Crippen LogP contribution in [0.25, 0.3) is 11.4 Å². The van der Waals surface area contributed by atoms with E-state index in [0.717, 1.165) is 67.8 Å². The van der Waals surface area contributed by atoms with Crippen LogP contribution in [0.2, 0.25) is 0 Å². The van der Waals surface area contributed by atoms with Crippen molar-refractivity contribution in [1.29, 1.82) is 5.26 Å². The lowest BCUT2D eigenvalue weighted by Gasteiger charge is -2.22. The number of rotatable bonds is 7. The Bertz CT molecular complexity index is 1170. The predicted octanol–water partition coefficient (Wildman–Crippen LogP) is 3.97. The summed E-state index contributed by atoms with van der Waals surface area (Å²) in [6, 6.07) is 18.1. The van der Waals surface area contributed by atoms with Crippen LogP contribution in [-0.4, -0.2) is 62.4 Å². The summed E-state index contributed by atoms with van der Waals surface area (Å²) in [5.74, 6) is 1.36. The lowest BCUT2D eigenvalue weighted by Crippen LogP contribution is -2.36. The first-order valence-corrected chi connectivity index (χ1v) is 12.7. The molecule has 8 heteroatoms. The summed E-state index contributed by atoms with van der Waals surface area (Å²) in [6.07, 6.45) is 0.954. The normalized spacial score (nSPS) is 14.6. The van der Waals surface area contributed by atoms with Crippen LogP contribution in [-0.2, 0) is 17.9 Å². The van der Waals surface area contributed by atoms with E-state index in [0.29, 0.717) is 11.3 Å². The largest absolute Gasteiger partial charge is 0.341 e. The molecule has 0 N–H and O–H groups in total. The van der Waals surface area contributed by atoms with Crippen LogP contribution in [0.4, 0.5) is 0 Å². The van der Waals surface area contributed by atoms with Crippen LogP contribution in [0.1, 0.15) is 30.0 Å². The van der Waals surface area contributed by atoms with Crippen molar-refractivity contribution in [3.8, 4) is 17.5 Å². The molecule has 176 valence electrons. The molecule has 0 spiro atoms. The Morgan fingerprint density at radius 1 is 1.06 bits per heavy atom. The fraction of sp³-hybridized carbons (Fsp3) is 0.385. The van der Waals surface area contributed by atoms with Crippen molar-refractivity contribution in [3.63, 3.8) is 0 Å². The number of carbonyl (C=O) groups excluding carboxylic acids is 1. The van der Waals surface area contributed by atoms with E-state index in [1.165, 1.54) is 17.3 Å². The summed E-state index contributed by atoms with van der Waals surface area (Å²) in [7, 11) is 0. The molecule has 3 aromatic rings. The van der Waals surface area contributed by atoms with Gasteiger partial charge in [0.1, 0.15) is 0 Å². The van der Waals surface area contributed by atoms with Gasteiger partial charge in [-0.05, 0) is 43.5 Å². The number of aryl methyl sites for hydroxylation is 1. The highest BCUT2D eigenvalue weighted by molar-refractivity contribution is 7.99. The first-order valence-electron chi connectivity index (χ1n) is 11.7. The van der Waals surface area contributed by atoms with Crippen LogP contribution in [0.5, 0.6) is 0 Å². The molecular formula is C26H30N6OS. The molecule has 0 saturated carbocycles. The van der Waals surface area contributed by atoms with Crippen molar-refractivity contribution in [1.82, 2.24) is 24.6 Å². The number of hydrogen-bond acceptors (Lipinski definition) is 6. The number of nitrogens with zero attached hydrogens (tertiary/aromatic N) is 6. The first kappa shape index (κ1) is 24.0. The maximum Gasteiger partial charge on any atom is 0.233 e. The fourth-order valence-electron chi connectivity index (χ4n) is 4.24. The fourth-order valence-corrected chi connectivity index (χ4v) is 5.15. The lowest BCUT2D eigenvalue weighted by molar-refractivity contribution is -0.128. The van der Waals surface area contributed by atoms with Gasteiger partial charge in [0.05, 0.1) is 17.4 Å². The van der Waals surface area contributed by atoms with Crippen molar-refractivity contribution in [2.24, 2.45) is 0 Å². The highest BCUT2D eigenvalue weighted by Gasteiger charge is 2.21. The molecule has 2 heterocycles. The van der Waals surface area contributed by atoms with E-state index in [1.807, 2.05) is 41.3 Å². The second kappa shape index (κ2) is 11.3. The minimum atomic E-state index is 0.147. The van der Waals surface area contributed by atoms with Crippen LogP contribution < -0.4 is 0 Å². The van der Waals surface area contributed by atoms with Gasteiger partial charge in [-0.3, -0.25) is 9.69 Å². The molecule has 2 aromatic carbocycles. The highest BCUT2D eigenvalue weighted by Crippen LogP contribution is 2.26. The molecule has 0 unspecified atom stereocenters. The molecule has 1 amide bonds. The van der Waals surface area contributed by atoms with Gasteiger partial charge in [0.2, 0.25) is 5.91 Å². The highest BCUT2D eigenvalue weighted by atomic mass is 32.2. The zero-order valence-corrected chi connectivity index (χ0v) is 20.6. The Balaban J connectivity index is 1.33. The number of thioether (sulfide) groups is 1. The van der Waals surface area contributed by atoms with Gasteiger partial charge in [-0.1, -0.05) is 48.2 Å². The average Bonchev–Trinajstić information content (AvgIpc) is 3.12. The Kier molecular flexibility index (Phi) is 7.99. The van der Waals surface area contributed by atoms with Gasteiger partial charge in [-0.2, -0.15) is 5.26 Å². The average molecular weight is 475 g/mol. The van der Waals surface area contributed by atoms with Gasteiger partial charge < -0.3 is 9.47 Å². The third-order valence-corrected chi connectivity index (χ3v) is 7.13. The third-order valence-electron chi connectivity index (χ3n) is 6.17. The van der Waals surface area contributed by atoms with E-state index in [2.05, 4.69) is 51.7 Å². The van der Waals surface area contributed by atoms with Crippen molar-refractivity contribution >= 4 is 17.7 Å². The van der Waals surface area contributed by atoms with Gasteiger partial charge in [-0.25, -0.2) is 0 Å². The minimum Gasteiger partial charge on any atom is -0.341 e. The topological polar surface area (TPSA) is 78.0 Å². The molecule has 1 aliphatic heterocycles. The number of aromatic nitrogens is 3. The van der Waals surface area contributed by atoms with E-state index in [-0.39, 0.29) is 5.91 Å². The molecule has 0 atom stereocenters. The van der Waals surface area contributed by atoms with E-state index in [4.69, 9.17) is 5.26 Å². The molecule has 1 fully saturated rings. The molecule has 1 saturated heterocycles. The Morgan fingerprint density at radius 2 is 1.85 bits per heavy atom. The van der Waals surface area contributed by atoms with Crippen molar-refractivity contribution < 1.29 is 4.79 Å². The second-order valence-electron chi connectivity index (χ2n) is 8.47. The molecule has 0 aliphatic carbocycles. The van der Waals surface area contributed by atoms with E-state index < -0.39 is 0 Å². The van der Waals surface area contributed by atoms with Crippen LogP contribution in [0.3, 0.4) is 0 Å². The third kappa shape index (κ3) is 5.66. The zero-order valence-electron chi connectivity index (χ0n) is 19.8. The van der Waals surface area contributed by atoms with Gasteiger partial charge >= 0.3 is 0 Å². The number of nitriles is 1. The molecule has 0 bridgehead atoms. The number of amides is 1. The monoisotopic (exact) mass is 474 g/mol. The van der Waals surface area contributed by atoms with Crippen molar-refractivity contribution in [3.05, 3.63) is 65.2 Å². The summed E-state index contributed by atoms with van der Waals surface area (Å²) in [6.45, 7) is 9.05. The van der Waals surface area contributed by atoms with Gasteiger partial charge in [0, 0.05) is 44.8 Å². The quantitative estimate of drug-likeness (QED) is 0.482. The Morgan fingerprint density at radius 3 is 2.59 bits per heavy atom. The maximum atomic E-state index is 13.0. The molecule has 34 heavy (non-hydrogen) atoms. The smallest absolute Gasteiger partial charge is 0.233 e. The molecule has 1 aromatic heterocycles. The van der Waals surface area contributed by atoms with Gasteiger partial charge in [0.25, 0.3) is 0 Å². The molecule has 0 radical (unpaired) electrons. The van der Waals surface area contributed by atoms with E-state index in [9.17, 15) is 4.79 Å². The van der Waals surface area contributed by atoms with Crippen molar-refractivity contribution in [2.45, 2.75) is 38.5 Å². The number of carbonyl (C=O) groups is 1. The second-order valence-corrected chi connectivity index (χ2v) is 9.42. The Labute approximate surface area is 205 Å². The standard InChI is InChI=1S/C26H30N6OS/c1-3-32-25(23-8-5-4-7-20(23)2)28-29-26(32)34-19-24(33)31-14-6-13-30(15-16-31)18-22-11-9-21(17-27)10-12-22/h4-5,7-12H,3,6,13-16,18-19H2,1-2H3. The first-order chi connectivity index (χ1) is 16.6. The van der Waals surface area contributed by atoms with Crippen LogP contribution >= 0.6 is 11.8 Å². The Hall–Kier alpha value is -3.15. The molecule has 4 rings (SSSR count). The van der Waals surface area contributed by atoms with Crippen LogP contribution in [0, 0.1) is 18.3 Å². The summed E-state index contributed by atoms with van der Waals surface area (Å²) >= 11 is 1.47. The summed E-state index contributed by atoms with van der Waals surface area (Å²) in [5.41, 5.74) is 4.11. The molecular weight excluding hydrogens is 444 g/mol. The predicted molar refractivity (Wildman–Crippen MR) is 134 cm³/mol. The van der Waals surface area contributed by atoms with Crippen molar-refractivity contribution in [2.75, 3.05) is 31.9 Å². The van der Waals surface area contributed by atoms with E-state index >= 15 is 0 Å². The molecule has 1 aliphatic rings. The van der Waals surface area contributed by atoms with Gasteiger partial charge in [0.15, 0.2) is 11.0 Å². The number of hydrogen-bond donors (Lipinski definition) is 0.